The van der Waals surface area contributed by atoms with E-state index in [-0.39, 0.29) is 22.9 Å². The molecular weight excluding hydrogens is 344 g/mol. The summed E-state index contributed by atoms with van der Waals surface area (Å²) in [5, 5.41) is 11.8. The fraction of sp³-hybridized carbons (Fsp3) is 0.706. The Morgan fingerprint density at radius 1 is 1.42 bits per heavy atom. The van der Waals surface area contributed by atoms with Gasteiger partial charge in [0.15, 0.2) is 0 Å². The summed E-state index contributed by atoms with van der Waals surface area (Å²) >= 11 is 3.65. The van der Waals surface area contributed by atoms with Crippen LogP contribution < -0.4 is 5.32 Å². The first kappa shape index (κ1) is 19.4. The van der Waals surface area contributed by atoms with Gasteiger partial charge in [0.05, 0.1) is 6.54 Å². The Morgan fingerprint density at radius 3 is 2.75 bits per heavy atom. The molecule has 1 amide bonds. The van der Waals surface area contributed by atoms with Gasteiger partial charge in [-0.25, -0.2) is 4.79 Å². The number of hydrogen-bond donors (Lipinski definition) is 2. The van der Waals surface area contributed by atoms with Gasteiger partial charge in [-0.1, -0.05) is 49.9 Å². The molecule has 0 aromatic carbocycles. The van der Waals surface area contributed by atoms with E-state index in [2.05, 4.69) is 10.3 Å². The Morgan fingerprint density at radius 2 is 2.17 bits per heavy atom. The molecule has 1 fully saturated rings. The van der Waals surface area contributed by atoms with Crippen molar-refractivity contribution in [2.24, 2.45) is 16.3 Å². The van der Waals surface area contributed by atoms with Crippen molar-refractivity contribution >= 4 is 39.8 Å². The molecule has 1 aliphatic carbocycles. The second kappa shape index (κ2) is 8.94. The molecule has 0 aromatic rings. The van der Waals surface area contributed by atoms with E-state index in [1.165, 1.54) is 4.38 Å². The molecule has 0 aromatic heterocycles. The second-order valence-electron chi connectivity index (χ2n) is 6.85. The van der Waals surface area contributed by atoms with E-state index >= 15 is 0 Å². The van der Waals surface area contributed by atoms with E-state index in [1.807, 2.05) is 37.4 Å². The van der Waals surface area contributed by atoms with Crippen molar-refractivity contribution in [3.63, 3.8) is 0 Å². The van der Waals surface area contributed by atoms with Crippen LogP contribution in [0.2, 0.25) is 0 Å². The van der Waals surface area contributed by atoms with Crippen LogP contribution >= 0.6 is 23.5 Å². The quantitative estimate of drug-likeness (QED) is 0.480. The van der Waals surface area contributed by atoms with Crippen LogP contribution in [0.3, 0.4) is 0 Å². The molecule has 1 saturated carbocycles. The van der Waals surface area contributed by atoms with Gasteiger partial charge >= 0.3 is 5.97 Å². The highest BCUT2D eigenvalue weighted by Crippen LogP contribution is 2.51. The summed E-state index contributed by atoms with van der Waals surface area (Å²) in [5.74, 6) is 0.881. The predicted octanol–water partition coefficient (Wildman–Crippen LogP) is 3.51. The van der Waals surface area contributed by atoms with Crippen molar-refractivity contribution in [1.29, 1.82) is 0 Å². The number of amides is 1. The van der Waals surface area contributed by atoms with Gasteiger partial charge < -0.3 is 10.4 Å². The number of nitrogens with zero attached hydrogens (tertiary/aromatic N) is 1. The van der Waals surface area contributed by atoms with Gasteiger partial charge in [-0.2, -0.15) is 0 Å². The van der Waals surface area contributed by atoms with Crippen molar-refractivity contribution in [3.05, 3.63) is 11.8 Å². The number of carboxylic acid groups (broad SMARTS) is 1. The van der Waals surface area contributed by atoms with Crippen LogP contribution in [0, 0.1) is 11.3 Å². The maximum Gasteiger partial charge on any atom is 0.352 e. The van der Waals surface area contributed by atoms with Gasteiger partial charge in [-0.05, 0) is 36.9 Å². The Bertz CT molecular complexity index is 544. The Balaban J connectivity index is 1.62. The fourth-order valence-electron chi connectivity index (χ4n) is 2.56. The van der Waals surface area contributed by atoms with Crippen LogP contribution in [-0.2, 0) is 9.59 Å². The average Bonchev–Trinajstić information content (AvgIpc) is 2.93. The first-order valence-electron chi connectivity index (χ1n) is 8.44. The lowest BCUT2D eigenvalue weighted by Gasteiger charge is -2.07. The first-order valence-corrected chi connectivity index (χ1v) is 10.4. The molecule has 1 aliphatic heterocycles. The lowest BCUT2D eigenvalue weighted by atomic mass is 10.1. The number of carboxylic acids is 1. The maximum atomic E-state index is 12.0. The number of aliphatic imine (C=N–C) groups is 1. The van der Waals surface area contributed by atoms with Crippen LogP contribution in [-0.4, -0.2) is 39.4 Å². The molecule has 1 atom stereocenters. The number of rotatable bonds is 9. The summed E-state index contributed by atoms with van der Waals surface area (Å²) in [5.41, 5.74) is 0.0292. The lowest BCUT2D eigenvalue weighted by molar-refractivity contribution is -0.135. The molecule has 2 N–H and O–H groups in total. The summed E-state index contributed by atoms with van der Waals surface area (Å²) in [6.45, 7) is 4.99. The van der Waals surface area contributed by atoms with Gasteiger partial charge in [0, 0.05) is 11.7 Å². The molecule has 7 heteroatoms. The topological polar surface area (TPSA) is 78.8 Å². The number of aliphatic carboxylic acids is 1. The summed E-state index contributed by atoms with van der Waals surface area (Å²) in [7, 11) is 0. The zero-order valence-electron chi connectivity index (χ0n) is 14.3. The Hall–Kier alpha value is -0.950. The Kier molecular flexibility index (Phi) is 7.22. The van der Waals surface area contributed by atoms with Crippen LogP contribution in [0.25, 0.3) is 0 Å². The van der Waals surface area contributed by atoms with E-state index in [9.17, 15) is 14.7 Å². The molecule has 0 bridgehead atoms. The monoisotopic (exact) mass is 370 g/mol. The minimum atomic E-state index is -1.06. The third kappa shape index (κ3) is 6.16. The summed E-state index contributed by atoms with van der Waals surface area (Å²) in [6, 6.07) is 0. The number of nitrogens with one attached hydrogen (secondary N) is 1. The molecule has 1 heterocycles. The van der Waals surface area contributed by atoms with Crippen LogP contribution in [0.4, 0.5) is 0 Å². The van der Waals surface area contributed by atoms with E-state index < -0.39 is 5.97 Å². The lowest BCUT2D eigenvalue weighted by Crippen LogP contribution is -2.29. The molecule has 1 unspecified atom stereocenters. The minimum Gasteiger partial charge on any atom is -0.477 e. The molecule has 0 radical (unpaired) electrons. The van der Waals surface area contributed by atoms with E-state index in [1.54, 1.807) is 6.08 Å². The summed E-state index contributed by atoms with van der Waals surface area (Å²) < 4.78 is 1.20. The number of carbonyl (C=O) groups excluding carboxylic acids is 1. The highest BCUT2D eigenvalue weighted by atomic mass is 32.2. The standard InChI is InChI=1S/C17H26N2O3S2/c1-17(2)11-12(17)14(20)19-13(15(21)22)7-5-3-4-6-9-23-16-18-8-10-24-16/h7,12H,3-6,8-11H2,1-2H3,(H,19,20)(H,21,22). The van der Waals surface area contributed by atoms with Crippen molar-refractivity contribution in [1.82, 2.24) is 5.32 Å². The van der Waals surface area contributed by atoms with Crippen LogP contribution in [0.1, 0.15) is 46.0 Å². The van der Waals surface area contributed by atoms with Crippen molar-refractivity contribution in [3.8, 4) is 0 Å². The first-order chi connectivity index (χ1) is 11.4. The fourth-order valence-corrected chi connectivity index (χ4v) is 4.64. The highest BCUT2D eigenvalue weighted by Gasteiger charge is 2.50. The average molecular weight is 371 g/mol. The van der Waals surface area contributed by atoms with Gasteiger partial charge in [0.2, 0.25) is 5.91 Å². The Labute approximate surface area is 152 Å². The predicted molar refractivity (Wildman–Crippen MR) is 101 cm³/mol. The zero-order valence-corrected chi connectivity index (χ0v) is 16.0. The van der Waals surface area contributed by atoms with Crippen molar-refractivity contribution in [2.75, 3.05) is 18.1 Å². The summed E-state index contributed by atoms with van der Waals surface area (Å²) in [6.07, 6.45) is 6.23. The number of thioether (sulfide) groups is 2. The molecule has 5 nitrogen and oxygen atoms in total. The summed E-state index contributed by atoms with van der Waals surface area (Å²) in [4.78, 5) is 27.7. The van der Waals surface area contributed by atoms with Gasteiger partial charge in [0.25, 0.3) is 0 Å². The molecule has 2 rings (SSSR count). The zero-order chi connectivity index (χ0) is 17.6. The molecule has 2 aliphatic rings. The molecule has 134 valence electrons. The largest absolute Gasteiger partial charge is 0.477 e. The number of allylic oxidation sites excluding steroid dienone is 1. The molecule has 0 saturated heterocycles. The minimum absolute atomic E-state index is 0.00721. The second-order valence-corrected chi connectivity index (χ2v) is 9.28. The number of unbranched alkanes of at least 4 members (excludes halogenated alkanes) is 3. The van der Waals surface area contributed by atoms with Crippen LogP contribution in [0.5, 0.6) is 0 Å². The third-order valence-corrected chi connectivity index (χ3v) is 6.64. The van der Waals surface area contributed by atoms with Gasteiger partial charge in [-0.3, -0.25) is 9.79 Å². The van der Waals surface area contributed by atoms with Crippen molar-refractivity contribution < 1.29 is 14.7 Å². The van der Waals surface area contributed by atoms with Gasteiger partial charge in [-0.15, -0.1) is 0 Å². The third-order valence-electron chi connectivity index (χ3n) is 4.30. The highest BCUT2D eigenvalue weighted by molar-refractivity contribution is 8.39. The molecular formula is C17H26N2O3S2. The van der Waals surface area contributed by atoms with E-state index in [0.29, 0.717) is 6.42 Å². The van der Waals surface area contributed by atoms with Crippen molar-refractivity contribution in [2.45, 2.75) is 46.0 Å². The van der Waals surface area contributed by atoms with E-state index in [0.717, 1.165) is 43.7 Å². The normalized spacial score (nSPS) is 22.2. The smallest absolute Gasteiger partial charge is 0.352 e. The number of hydrogen-bond acceptors (Lipinski definition) is 5. The van der Waals surface area contributed by atoms with Gasteiger partial charge in [0.1, 0.15) is 10.1 Å². The molecule has 24 heavy (non-hydrogen) atoms. The maximum absolute atomic E-state index is 12.0. The van der Waals surface area contributed by atoms with Crippen LogP contribution in [0.15, 0.2) is 16.8 Å². The number of carbonyl (C=O) groups is 2. The molecule has 0 spiro atoms. The SMILES string of the molecule is CC1(C)CC1C(=O)NC(=CCCCCCSC1=NCCS1)C(=O)O. The van der Waals surface area contributed by atoms with E-state index in [4.69, 9.17) is 0 Å².